The molecule has 106 valence electrons. The lowest BCUT2D eigenvalue weighted by molar-refractivity contribution is 0.690. The summed E-state index contributed by atoms with van der Waals surface area (Å²) in [5.74, 6) is 0. The van der Waals surface area contributed by atoms with E-state index >= 15 is 0 Å². The molecule has 0 aliphatic heterocycles. The third kappa shape index (κ3) is 3.91. The van der Waals surface area contributed by atoms with Gasteiger partial charge < -0.3 is 5.32 Å². The molecule has 0 radical (unpaired) electrons. The highest BCUT2D eigenvalue weighted by molar-refractivity contribution is 9.10. The van der Waals surface area contributed by atoms with Crippen LogP contribution in [0.15, 0.2) is 46.9 Å². The number of halogens is 3. The fourth-order valence-electron chi connectivity index (χ4n) is 2.05. The van der Waals surface area contributed by atoms with Gasteiger partial charge in [0.05, 0.1) is 15.7 Å². The number of nitrogens with one attached hydrogen (secondary N) is 1. The van der Waals surface area contributed by atoms with E-state index in [0.29, 0.717) is 16.1 Å². The second-order valence-electron chi connectivity index (χ2n) is 4.66. The van der Waals surface area contributed by atoms with Gasteiger partial charge in [-0.05, 0) is 46.5 Å². The van der Waals surface area contributed by atoms with Gasteiger partial charge in [0.2, 0.25) is 0 Å². The van der Waals surface area contributed by atoms with Crippen molar-refractivity contribution in [2.24, 2.45) is 0 Å². The smallest absolute Gasteiger partial charge is 0.0835 e. The maximum absolute atomic E-state index is 6.28. The second kappa shape index (κ2) is 7.35. The monoisotopic (exact) mass is 371 g/mol. The Morgan fingerprint density at radius 1 is 1.05 bits per heavy atom. The zero-order valence-electron chi connectivity index (χ0n) is 11.2. The molecule has 0 heterocycles. The van der Waals surface area contributed by atoms with Gasteiger partial charge in [-0.3, -0.25) is 0 Å². The first-order valence-corrected chi connectivity index (χ1v) is 8.10. The minimum Gasteiger partial charge on any atom is -0.381 e. The normalized spacial score (nSPS) is 12.2. The van der Waals surface area contributed by atoms with Crippen molar-refractivity contribution in [3.63, 3.8) is 0 Å². The largest absolute Gasteiger partial charge is 0.381 e. The molecule has 0 amide bonds. The van der Waals surface area contributed by atoms with Crippen molar-refractivity contribution in [2.45, 2.75) is 25.8 Å². The van der Waals surface area contributed by atoms with Gasteiger partial charge >= 0.3 is 0 Å². The van der Waals surface area contributed by atoms with Crippen LogP contribution in [0.2, 0.25) is 10.0 Å². The molecule has 0 aliphatic carbocycles. The Balaban J connectivity index is 2.13. The van der Waals surface area contributed by atoms with E-state index in [-0.39, 0.29) is 0 Å². The fraction of sp³-hybridized carbons (Fsp3) is 0.250. The van der Waals surface area contributed by atoms with Crippen LogP contribution in [-0.2, 0) is 6.42 Å². The average molecular weight is 373 g/mol. The first kappa shape index (κ1) is 15.7. The standard InChI is InChI=1S/C16H16BrCl2N/c1-2-12(10-11-6-4-3-5-7-11)20-14-9-8-13(17)15(18)16(14)19/h3-9,12,20H,2,10H2,1H3. The van der Waals surface area contributed by atoms with Gasteiger partial charge in [0, 0.05) is 10.5 Å². The fourth-order valence-corrected chi connectivity index (χ4v) is 2.88. The predicted octanol–water partition coefficient (Wildman–Crippen LogP) is 6.19. The molecule has 0 fully saturated rings. The molecule has 2 aromatic rings. The van der Waals surface area contributed by atoms with Crippen LogP contribution in [-0.4, -0.2) is 6.04 Å². The first-order valence-electron chi connectivity index (χ1n) is 6.55. The van der Waals surface area contributed by atoms with Gasteiger partial charge in [-0.1, -0.05) is 60.5 Å². The third-order valence-electron chi connectivity index (χ3n) is 3.21. The highest BCUT2D eigenvalue weighted by Crippen LogP contribution is 2.36. The maximum atomic E-state index is 6.28. The molecule has 0 saturated heterocycles. The van der Waals surface area contributed by atoms with Gasteiger partial charge in [-0.25, -0.2) is 0 Å². The van der Waals surface area contributed by atoms with Crippen molar-refractivity contribution in [1.82, 2.24) is 0 Å². The van der Waals surface area contributed by atoms with Crippen LogP contribution in [0.1, 0.15) is 18.9 Å². The molecular formula is C16H16BrCl2N. The van der Waals surface area contributed by atoms with E-state index in [2.05, 4.69) is 52.4 Å². The lowest BCUT2D eigenvalue weighted by atomic mass is 10.0. The minimum atomic E-state index is 0.326. The Hall–Kier alpha value is -0.700. The summed E-state index contributed by atoms with van der Waals surface area (Å²) in [4.78, 5) is 0. The van der Waals surface area contributed by atoms with Gasteiger partial charge in [-0.15, -0.1) is 0 Å². The van der Waals surface area contributed by atoms with Gasteiger partial charge in [-0.2, -0.15) is 0 Å². The number of benzene rings is 2. The van der Waals surface area contributed by atoms with Crippen molar-refractivity contribution >= 4 is 44.8 Å². The lowest BCUT2D eigenvalue weighted by Crippen LogP contribution is -2.21. The highest BCUT2D eigenvalue weighted by Gasteiger charge is 2.12. The lowest BCUT2D eigenvalue weighted by Gasteiger charge is -2.20. The predicted molar refractivity (Wildman–Crippen MR) is 92.0 cm³/mol. The van der Waals surface area contributed by atoms with Crippen LogP contribution in [0.4, 0.5) is 5.69 Å². The van der Waals surface area contributed by atoms with Crippen LogP contribution in [0.5, 0.6) is 0 Å². The first-order chi connectivity index (χ1) is 9.61. The van der Waals surface area contributed by atoms with Gasteiger partial charge in [0.25, 0.3) is 0 Å². The van der Waals surface area contributed by atoms with Crippen molar-refractivity contribution in [2.75, 3.05) is 5.32 Å². The Labute approximate surface area is 138 Å². The summed E-state index contributed by atoms with van der Waals surface area (Å²) >= 11 is 15.8. The summed E-state index contributed by atoms with van der Waals surface area (Å²) in [6.07, 6.45) is 1.97. The molecule has 1 N–H and O–H groups in total. The second-order valence-corrected chi connectivity index (χ2v) is 6.27. The molecule has 0 bridgehead atoms. The molecule has 1 atom stereocenters. The van der Waals surface area contributed by atoms with E-state index in [9.17, 15) is 0 Å². The number of hydrogen-bond donors (Lipinski definition) is 1. The summed E-state index contributed by atoms with van der Waals surface area (Å²) in [5, 5.41) is 4.59. The van der Waals surface area contributed by atoms with Crippen LogP contribution in [0.25, 0.3) is 0 Å². The Kier molecular flexibility index (Phi) is 5.76. The molecule has 0 spiro atoms. The van der Waals surface area contributed by atoms with Crippen LogP contribution < -0.4 is 5.32 Å². The number of anilines is 1. The molecule has 0 aliphatic rings. The molecule has 0 saturated carbocycles. The number of hydrogen-bond acceptors (Lipinski definition) is 1. The molecule has 1 nitrogen and oxygen atoms in total. The zero-order valence-corrected chi connectivity index (χ0v) is 14.3. The Morgan fingerprint density at radius 3 is 2.40 bits per heavy atom. The molecular weight excluding hydrogens is 357 g/mol. The van der Waals surface area contributed by atoms with Crippen molar-refractivity contribution in [3.05, 3.63) is 62.5 Å². The Bertz CT molecular complexity index is 572. The van der Waals surface area contributed by atoms with Crippen molar-refractivity contribution < 1.29 is 0 Å². The van der Waals surface area contributed by atoms with Crippen LogP contribution in [0.3, 0.4) is 0 Å². The van der Waals surface area contributed by atoms with E-state index in [0.717, 1.165) is 23.0 Å². The summed E-state index contributed by atoms with van der Waals surface area (Å²) in [6, 6.07) is 14.6. The van der Waals surface area contributed by atoms with E-state index in [4.69, 9.17) is 23.2 Å². The third-order valence-corrected chi connectivity index (χ3v) is 4.98. The molecule has 1 unspecified atom stereocenters. The van der Waals surface area contributed by atoms with Gasteiger partial charge in [0.15, 0.2) is 0 Å². The quantitative estimate of drug-likeness (QED) is 0.617. The maximum Gasteiger partial charge on any atom is 0.0835 e. The Morgan fingerprint density at radius 2 is 1.75 bits per heavy atom. The topological polar surface area (TPSA) is 12.0 Å². The minimum absolute atomic E-state index is 0.326. The summed E-state index contributed by atoms with van der Waals surface area (Å²) in [6.45, 7) is 2.16. The SMILES string of the molecule is CCC(Cc1ccccc1)Nc1ccc(Br)c(Cl)c1Cl. The summed E-state index contributed by atoms with van der Waals surface area (Å²) < 4.78 is 0.811. The molecule has 2 aromatic carbocycles. The van der Waals surface area contributed by atoms with Crippen LogP contribution in [0, 0.1) is 0 Å². The number of rotatable bonds is 5. The molecule has 2 rings (SSSR count). The van der Waals surface area contributed by atoms with E-state index < -0.39 is 0 Å². The molecule has 20 heavy (non-hydrogen) atoms. The van der Waals surface area contributed by atoms with Crippen molar-refractivity contribution in [3.8, 4) is 0 Å². The van der Waals surface area contributed by atoms with Crippen molar-refractivity contribution in [1.29, 1.82) is 0 Å². The van der Waals surface area contributed by atoms with E-state index in [1.165, 1.54) is 5.56 Å². The van der Waals surface area contributed by atoms with Gasteiger partial charge in [0.1, 0.15) is 0 Å². The van der Waals surface area contributed by atoms with E-state index in [1.54, 1.807) is 0 Å². The average Bonchev–Trinajstić information content (AvgIpc) is 2.48. The highest BCUT2D eigenvalue weighted by atomic mass is 79.9. The summed E-state index contributed by atoms with van der Waals surface area (Å²) in [5.41, 5.74) is 2.19. The zero-order chi connectivity index (χ0) is 14.5. The molecule has 4 heteroatoms. The van der Waals surface area contributed by atoms with E-state index in [1.807, 2.05) is 18.2 Å². The molecule has 0 aromatic heterocycles. The van der Waals surface area contributed by atoms with Crippen LogP contribution >= 0.6 is 39.1 Å². The summed E-state index contributed by atoms with van der Waals surface area (Å²) in [7, 11) is 0.